The lowest BCUT2D eigenvalue weighted by atomic mass is 9.98. The number of halogens is 2. The van der Waals surface area contributed by atoms with Crippen LogP contribution in [0.25, 0.3) is 10.9 Å². The number of aryl methyl sites for hydroxylation is 1. The molecule has 4 rings (SSSR count). The highest BCUT2D eigenvalue weighted by Crippen LogP contribution is 2.38. The molecular formula is C23H25Cl2NO5. The van der Waals surface area contributed by atoms with E-state index in [4.69, 9.17) is 27.9 Å². The normalized spacial score (nSPS) is 26.5. The number of hydrogen-bond acceptors (Lipinski definition) is 5. The van der Waals surface area contributed by atoms with E-state index >= 15 is 0 Å². The lowest BCUT2D eigenvalue weighted by Crippen LogP contribution is -2.56. The van der Waals surface area contributed by atoms with Crippen molar-refractivity contribution in [3.05, 3.63) is 69.3 Å². The van der Waals surface area contributed by atoms with Gasteiger partial charge in [0.2, 0.25) is 0 Å². The van der Waals surface area contributed by atoms with Gasteiger partial charge in [-0.2, -0.15) is 0 Å². The number of aromatic nitrogens is 1. The number of hydrogen-bond donors (Lipinski definition) is 4. The highest BCUT2D eigenvalue weighted by atomic mass is 35.5. The molecule has 0 radical (unpaired) electrons. The predicted molar refractivity (Wildman–Crippen MR) is 120 cm³/mol. The summed E-state index contributed by atoms with van der Waals surface area (Å²) >= 11 is 12.8. The molecule has 0 amide bonds. The minimum absolute atomic E-state index is 0.417. The van der Waals surface area contributed by atoms with Gasteiger partial charge in [0.05, 0.1) is 17.1 Å². The Labute approximate surface area is 190 Å². The number of fused-ring (bicyclic) bond motifs is 1. The van der Waals surface area contributed by atoms with Crippen LogP contribution in [0.4, 0.5) is 0 Å². The summed E-state index contributed by atoms with van der Waals surface area (Å²) in [7, 11) is 0. The predicted octanol–water partition coefficient (Wildman–Crippen LogP) is 3.07. The Morgan fingerprint density at radius 2 is 1.65 bits per heavy atom. The van der Waals surface area contributed by atoms with Crippen LogP contribution in [0.2, 0.25) is 10.0 Å². The molecule has 0 saturated carbocycles. The van der Waals surface area contributed by atoms with E-state index < -0.39 is 37.3 Å². The lowest BCUT2D eigenvalue weighted by molar-refractivity contribution is -0.250. The van der Waals surface area contributed by atoms with Crippen molar-refractivity contribution in [2.75, 3.05) is 6.61 Å². The fourth-order valence-corrected chi connectivity index (χ4v) is 4.76. The third kappa shape index (κ3) is 4.22. The Bertz CT molecular complexity index is 1070. The maximum Gasteiger partial charge on any atom is 0.163 e. The third-order valence-electron chi connectivity index (χ3n) is 5.90. The highest BCUT2D eigenvalue weighted by molar-refractivity contribution is 6.38. The summed E-state index contributed by atoms with van der Waals surface area (Å²) in [6, 6.07) is 11.7. The van der Waals surface area contributed by atoms with Gasteiger partial charge in [-0.05, 0) is 41.7 Å². The largest absolute Gasteiger partial charge is 0.394 e. The molecular weight excluding hydrogens is 441 g/mol. The quantitative estimate of drug-likeness (QED) is 0.464. The van der Waals surface area contributed by atoms with Crippen LogP contribution in [0.3, 0.4) is 0 Å². The summed E-state index contributed by atoms with van der Waals surface area (Å²) in [5.41, 5.74) is 3.87. The molecule has 0 spiro atoms. The molecule has 6 nitrogen and oxygen atoms in total. The van der Waals surface area contributed by atoms with Crippen molar-refractivity contribution in [2.45, 2.75) is 50.4 Å². The number of rotatable bonds is 5. The van der Waals surface area contributed by atoms with E-state index in [1.165, 1.54) is 5.56 Å². The Morgan fingerprint density at radius 1 is 0.968 bits per heavy atom. The Kier molecular flexibility index (Phi) is 6.60. The number of benzene rings is 2. The average Bonchev–Trinajstić information content (AvgIpc) is 3.11. The van der Waals surface area contributed by atoms with E-state index in [1.54, 1.807) is 16.7 Å². The molecule has 0 unspecified atom stereocenters. The van der Waals surface area contributed by atoms with E-state index in [2.05, 4.69) is 31.2 Å². The number of aliphatic hydroxyl groups excluding tert-OH is 4. The van der Waals surface area contributed by atoms with Crippen molar-refractivity contribution in [1.29, 1.82) is 0 Å². The fraction of sp³-hybridized carbons (Fsp3) is 0.391. The van der Waals surface area contributed by atoms with Crippen LogP contribution < -0.4 is 0 Å². The van der Waals surface area contributed by atoms with Crippen molar-refractivity contribution in [2.24, 2.45) is 0 Å². The van der Waals surface area contributed by atoms with Gasteiger partial charge in [0.15, 0.2) is 6.23 Å². The molecule has 8 heteroatoms. The minimum Gasteiger partial charge on any atom is -0.394 e. The first kappa shape index (κ1) is 22.6. The van der Waals surface area contributed by atoms with Crippen LogP contribution in [0.5, 0.6) is 0 Å². The van der Waals surface area contributed by atoms with Crippen LogP contribution in [0, 0.1) is 0 Å². The van der Waals surface area contributed by atoms with Gasteiger partial charge in [0.25, 0.3) is 0 Å². The molecule has 1 aromatic heterocycles. The van der Waals surface area contributed by atoms with Gasteiger partial charge in [0, 0.05) is 16.6 Å². The van der Waals surface area contributed by atoms with Gasteiger partial charge >= 0.3 is 0 Å². The summed E-state index contributed by atoms with van der Waals surface area (Å²) < 4.78 is 7.42. The number of nitrogens with zero attached hydrogens (tertiary/aromatic N) is 1. The van der Waals surface area contributed by atoms with Gasteiger partial charge in [-0.1, -0.05) is 54.4 Å². The van der Waals surface area contributed by atoms with E-state index in [0.717, 1.165) is 22.9 Å². The van der Waals surface area contributed by atoms with Crippen LogP contribution in [0.15, 0.2) is 42.6 Å². The molecule has 4 N–H and O–H groups in total. The molecule has 2 heterocycles. The standard InChI is InChI=1S/C23H25Cl2NO5/c1-2-12-3-5-13(6-4-12)7-14-10-26(17-9-15(24)8-16(25)19(14)17)23-22(30)21(29)20(28)18(11-27)31-23/h3-6,8-10,18,20-23,27-30H,2,7,11H2,1H3/t18-,20-,21+,22-,23-/m1/s1. The topological polar surface area (TPSA) is 95.1 Å². The summed E-state index contributed by atoms with van der Waals surface area (Å²) in [4.78, 5) is 0. The highest BCUT2D eigenvalue weighted by Gasteiger charge is 2.44. The van der Waals surface area contributed by atoms with Crippen molar-refractivity contribution in [3.8, 4) is 0 Å². The monoisotopic (exact) mass is 465 g/mol. The third-order valence-corrected chi connectivity index (χ3v) is 6.41. The van der Waals surface area contributed by atoms with Crippen LogP contribution in [-0.4, -0.2) is 56.0 Å². The molecule has 1 saturated heterocycles. The fourth-order valence-electron chi connectivity index (χ4n) is 4.15. The number of ether oxygens (including phenoxy) is 1. The Hall–Kier alpha value is -1.64. The first-order valence-corrected chi connectivity index (χ1v) is 11.0. The lowest BCUT2D eigenvalue weighted by Gasteiger charge is -2.40. The van der Waals surface area contributed by atoms with E-state index in [1.807, 2.05) is 6.20 Å². The zero-order chi connectivity index (χ0) is 22.3. The molecule has 0 bridgehead atoms. The molecule has 1 aliphatic rings. The molecule has 31 heavy (non-hydrogen) atoms. The van der Waals surface area contributed by atoms with E-state index in [-0.39, 0.29) is 0 Å². The van der Waals surface area contributed by atoms with Gasteiger partial charge < -0.3 is 29.7 Å². The van der Waals surface area contributed by atoms with Crippen LogP contribution in [0.1, 0.15) is 29.8 Å². The van der Waals surface area contributed by atoms with Crippen LogP contribution in [-0.2, 0) is 17.6 Å². The van der Waals surface area contributed by atoms with Crippen molar-refractivity contribution in [3.63, 3.8) is 0 Å². The molecule has 166 valence electrons. The Balaban J connectivity index is 1.80. The van der Waals surface area contributed by atoms with Crippen molar-refractivity contribution in [1.82, 2.24) is 4.57 Å². The second-order valence-electron chi connectivity index (χ2n) is 7.91. The molecule has 0 aliphatic carbocycles. The summed E-state index contributed by atoms with van der Waals surface area (Å²) in [6.07, 6.45) is -3.01. The van der Waals surface area contributed by atoms with Gasteiger partial charge in [0.1, 0.15) is 24.4 Å². The molecule has 2 aromatic carbocycles. The van der Waals surface area contributed by atoms with Crippen LogP contribution >= 0.6 is 23.2 Å². The Morgan fingerprint density at radius 3 is 2.29 bits per heavy atom. The molecule has 1 aliphatic heterocycles. The minimum atomic E-state index is -1.48. The summed E-state index contributed by atoms with van der Waals surface area (Å²) in [6.45, 7) is 1.60. The smallest absolute Gasteiger partial charge is 0.163 e. The number of aliphatic hydroxyl groups is 4. The summed E-state index contributed by atoms with van der Waals surface area (Å²) in [5.74, 6) is 0. The second kappa shape index (κ2) is 9.08. The molecule has 3 aromatic rings. The maximum atomic E-state index is 10.6. The van der Waals surface area contributed by atoms with E-state index in [0.29, 0.717) is 22.0 Å². The van der Waals surface area contributed by atoms with E-state index in [9.17, 15) is 20.4 Å². The SMILES string of the molecule is CCc1ccc(Cc2cn([C@@H]3O[C@H](CO)[C@@H](O)[C@H](O)[C@H]3O)c3cc(Cl)cc(Cl)c23)cc1. The van der Waals surface area contributed by atoms with Gasteiger partial charge in [-0.3, -0.25) is 0 Å². The van der Waals surface area contributed by atoms with Gasteiger partial charge in [-0.15, -0.1) is 0 Å². The van der Waals surface area contributed by atoms with Gasteiger partial charge in [-0.25, -0.2) is 0 Å². The summed E-state index contributed by atoms with van der Waals surface area (Å²) in [5, 5.41) is 42.2. The van der Waals surface area contributed by atoms with Crippen molar-refractivity contribution >= 4 is 34.1 Å². The van der Waals surface area contributed by atoms with Crippen molar-refractivity contribution < 1.29 is 25.2 Å². The first-order chi connectivity index (χ1) is 14.8. The zero-order valence-electron chi connectivity index (χ0n) is 16.9. The second-order valence-corrected chi connectivity index (χ2v) is 8.75. The molecule has 1 fully saturated rings. The average molecular weight is 466 g/mol. The zero-order valence-corrected chi connectivity index (χ0v) is 18.5. The molecule has 5 atom stereocenters. The first-order valence-electron chi connectivity index (χ1n) is 10.2. The maximum absolute atomic E-state index is 10.6.